The van der Waals surface area contributed by atoms with Crippen LogP contribution >= 0.6 is 0 Å². The van der Waals surface area contributed by atoms with Gasteiger partial charge in [0.1, 0.15) is 0 Å². The molecule has 4 unspecified atom stereocenters. The average Bonchev–Trinajstić information content (AvgIpc) is 2.47. The molecule has 2 nitrogen and oxygen atoms in total. The van der Waals surface area contributed by atoms with E-state index in [0.717, 1.165) is 0 Å². The Balaban J connectivity index is 2.13. The summed E-state index contributed by atoms with van der Waals surface area (Å²) in [7, 11) is 0. The van der Waals surface area contributed by atoms with Crippen molar-refractivity contribution in [3.63, 3.8) is 0 Å². The van der Waals surface area contributed by atoms with Gasteiger partial charge < -0.3 is 5.32 Å². The van der Waals surface area contributed by atoms with Crippen molar-refractivity contribution in [2.24, 2.45) is 23.7 Å². The first-order valence-corrected chi connectivity index (χ1v) is 5.90. The summed E-state index contributed by atoms with van der Waals surface area (Å²) in [6.45, 7) is 6.62. The maximum absolute atomic E-state index is 11.9. The molecule has 0 radical (unpaired) electrons. The smallest absolute Gasteiger partial charge is 0.223 e. The summed E-state index contributed by atoms with van der Waals surface area (Å²) in [5, 5.41) is 3.10. The molecule has 4 atom stereocenters. The third kappa shape index (κ3) is 1.55. The van der Waals surface area contributed by atoms with E-state index >= 15 is 0 Å². The van der Waals surface area contributed by atoms with Crippen molar-refractivity contribution < 1.29 is 4.79 Å². The molecule has 80 valence electrons. The highest BCUT2D eigenvalue weighted by molar-refractivity contribution is 5.80. The Labute approximate surface area is 86.5 Å². The second-order valence-electron chi connectivity index (χ2n) is 5.42. The van der Waals surface area contributed by atoms with E-state index in [9.17, 15) is 4.79 Å². The Bertz CT molecular complexity index is 236. The molecule has 2 fully saturated rings. The van der Waals surface area contributed by atoms with E-state index in [4.69, 9.17) is 0 Å². The molecular formula is C12H21NO. The predicted molar refractivity (Wildman–Crippen MR) is 56.8 cm³/mol. The number of carbonyl (C=O) groups excluding carboxylic acids is 1. The minimum Gasteiger partial charge on any atom is -0.353 e. The standard InChI is InChI=1S/C12H21NO/c1-7(2)10-5-4-9-6-8(3)13-12(14)11(9)10/h7-11H,4-6H2,1-3H3,(H,13,14). The second-order valence-corrected chi connectivity index (χ2v) is 5.42. The van der Waals surface area contributed by atoms with Crippen LogP contribution in [0.3, 0.4) is 0 Å². The lowest BCUT2D eigenvalue weighted by atomic mass is 9.78. The van der Waals surface area contributed by atoms with Gasteiger partial charge in [-0.2, -0.15) is 0 Å². The summed E-state index contributed by atoms with van der Waals surface area (Å²) in [6, 6.07) is 0.398. The largest absolute Gasteiger partial charge is 0.353 e. The van der Waals surface area contributed by atoms with Gasteiger partial charge in [-0.15, -0.1) is 0 Å². The topological polar surface area (TPSA) is 29.1 Å². The second kappa shape index (κ2) is 3.56. The fourth-order valence-corrected chi connectivity index (χ4v) is 3.39. The van der Waals surface area contributed by atoms with Crippen molar-refractivity contribution in [2.45, 2.75) is 46.1 Å². The summed E-state index contributed by atoms with van der Waals surface area (Å²) in [6.07, 6.45) is 3.72. The van der Waals surface area contributed by atoms with Gasteiger partial charge in [-0.05, 0) is 43.9 Å². The van der Waals surface area contributed by atoms with Crippen LogP contribution in [0, 0.1) is 23.7 Å². The number of nitrogens with one attached hydrogen (secondary N) is 1. The summed E-state index contributed by atoms with van der Waals surface area (Å²) >= 11 is 0. The fraction of sp³-hybridized carbons (Fsp3) is 0.917. The molecule has 1 saturated heterocycles. The van der Waals surface area contributed by atoms with Crippen LogP contribution in [0.1, 0.15) is 40.0 Å². The monoisotopic (exact) mass is 195 g/mol. The Hall–Kier alpha value is -0.530. The van der Waals surface area contributed by atoms with Crippen molar-refractivity contribution in [1.82, 2.24) is 5.32 Å². The molecule has 1 aliphatic carbocycles. The highest BCUT2D eigenvalue weighted by atomic mass is 16.2. The van der Waals surface area contributed by atoms with Crippen LogP contribution in [0.25, 0.3) is 0 Å². The Kier molecular flexibility index (Phi) is 2.54. The first-order valence-electron chi connectivity index (χ1n) is 5.90. The van der Waals surface area contributed by atoms with Crippen LogP contribution in [0.4, 0.5) is 0 Å². The number of amides is 1. The van der Waals surface area contributed by atoms with Crippen LogP contribution in [0.2, 0.25) is 0 Å². The minimum atomic E-state index is 0.324. The zero-order valence-electron chi connectivity index (χ0n) is 9.42. The third-order valence-electron chi connectivity index (χ3n) is 4.04. The number of piperidine rings is 1. The third-order valence-corrected chi connectivity index (χ3v) is 4.04. The molecular weight excluding hydrogens is 174 g/mol. The molecule has 14 heavy (non-hydrogen) atoms. The highest BCUT2D eigenvalue weighted by Gasteiger charge is 2.45. The first kappa shape index (κ1) is 10.0. The van der Waals surface area contributed by atoms with Crippen LogP contribution in [0.5, 0.6) is 0 Å². The molecule has 0 spiro atoms. The van der Waals surface area contributed by atoms with Gasteiger partial charge in [0.25, 0.3) is 0 Å². The predicted octanol–water partition coefficient (Wildman–Crippen LogP) is 2.19. The molecule has 2 rings (SSSR count). The first-order chi connectivity index (χ1) is 6.59. The zero-order valence-corrected chi connectivity index (χ0v) is 9.42. The van der Waals surface area contributed by atoms with E-state index in [1.807, 2.05) is 0 Å². The van der Waals surface area contributed by atoms with Gasteiger partial charge in [-0.1, -0.05) is 13.8 Å². The normalized spacial score (nSPS) is 42.4. The van der Waals surface area contributed by atoms with Gasteiger partial charge >= 0.3 is 0 Å². The van der Waals surface area contributed by atoms with Gasteiger partial charge in [0.05, 0.1) is 0 Å². The molecule has 1 N–H and O–H groups in total. The summed E-state index contributed by atoms with van der Waals surface area (Å²) in [4.78, 5) is 11.9. The highest BCUT2D eigenvalue weighted by Crippen LogP contribution is 2.45. The van der Waals surface area contributed by atoms with Gasteiger partial charge in [0, 0.05) is 12.0 Å². The zero-order chi connectivity index (χ0) is 10.3. The molecule has 1 saturated carbocycles. The van der Waals surface area contributed by atoms with Gasteiger partial charge in [-0.3, -0.25) is 4.79 Å². The minimum absolute atomic E-state index is 0.324. The number of fused-ring (bicyclic) bond motifs is 1. The summed E-state index contributed by atoms with van der Waals surface area (Å²) in [5.41, 5.74) is 0. The van der Waals surface area contributed by atoms with Gasteiger partial charge in [0.15, 0.2) is 0 Å². The van der Waals surface area contributed by atoms with Crippen LogP contribution < -0.4 is 5.32 Å². The van der Waals surface area contributed by atoms with Gasteiger partial charge in [-0.25, -0.2) is 0 Å². The van der Waals surface area contributed by atoms with Crippen molar-refractivity contribution in [2.75, 3.05) is 0 Å². The number of hydrogen-bond acceptors (Lipinski definition) is 1. The molecule has 0 bridgehead atoms. The fourth-order valence-electron chi connectivity index (χ4n) is 3.39. The van der Waals surface area contributed by atoms with Crippen molar-refractivity contribution in [3.8, 4) is 0 Å². The van der Waals surface area contributed by atoms with Crippen LogP contribution in [-0.2, 0) is 4.79 Å². The Morgan fingerprint density at radius 2 is 2.07 bits per heavy atom. The molecule has 1 amide bonds. The molecule has 0 aromatic rings. The molecule has 1 aliphatic heterocycles. The van der Waals surface area contributed by atoms with Crippen molar-refractivity contribution in [3.05, 3.63) is 0 Å². The van der Waals surface area contributed by atoms with E-state index in [2.05, 4.69) is 26.1 Å². The molecule has 2 aliphatic rings. The molecule has 0 aromatic heterocycles. The van der Waals surface area contributed by atoms with Crippen LogP contribution in [-0.4, -0.2) is 11.9 Å². The Morgan fingerprint density at radius 3 is 2.71 bits per heavy atom. The molecule has 0 aromatic carbocycles. The maximum atomic E-state index is 11.9. The van der Waals surface area contributed by atoms with E-state index in [1.165, 1.54) is 19.3 Å². The van der Waals surface area contributed by atoms with E-state index in [0.29, 0.717) is 35.6 Å². The lowest BCUT2D eigenvalue weighted by molar-refractivity contribution is -0.131. The molecule has 2 heteroatoms. The van der Waals surface area contributed by atoms with Crippen molar-refractivity contribution >= 4 is 5.91 Å². The van der Waals surface area contributed by atoms with Crippen molar-refractivity contribution in [1.29, 1.82) is 0 Å². The van der Waals surface area contributed by atoms with Crippen LogP contribution in [0.15, 0.2) is 0 Å². The lowest BCUT2D eigenvalue weighted by Crippen LogP contribution is -2.47. The lowest BCUT2D eigenvalue weighted by Gasteiger charge is -2.34. The maximum Gasteiger partial charge on any atom is 0.223 e. The Morgan fingerprint density at radius 1 is 1.36 bits per heavy atom. The average molecular weight is 195 g/mol. The number of rotatable bonds is 1. The van der Waals surface area contributed by atoms with E-state index in [1.54, 1.807) is 0 Å². The summed E-state index contributed by atoms with van der Waals surface area (Å²) in [5.74, 6) is 2.61. The van der Waals surface area contributed by atoms with E-state index < -0.39 is 0 Å². The van der Waals surface area contributed by atoms with E-state index in [-0.39, 0.29) is 0 Å². The number of hydrogen-bond donors (Lipinski definition) is 1. The summed E-state index contributed by atoms with van der Waals surface area (Å²) < 4.78 is 0. The number of carbonyl (C=O) groups is 1. The van der Waals surface area contributed by atoms with Gasteiger partial charge in [0.2, 0.25) is 5.91 Å². The quantitative estimate of drug-likeness (QED) is 0.682. The SMILES string of the molecule is CC1CC2CCC(C(C)C)C2C(=O)N1. The molecule has 1 heterocycles.